The molecule has 1 aromatic carbocycles. The van der Waals surface area contributed by atoms with Crippen molar-refractivity contribution in [2.24, 2.45) is 5.73 Å². The zero-order chi connectivity index (χ0) is 15.1. The van der Waals surface area contributed by atoms with E-state index in [1.54, 1.807) is 0 Å². The van der Waals surface area contributed by atoms with Gasteiger partial charge in [0, 0.05) is 25.7 Å². The minimum atomic E-state index is 0.245. The third kappa shape index (κ3) is 4.43. The molecule has 1 heterocycles. The van der Waals surface area contributed by atoms with Crippen LogP contribution in [0, 0.1) is 0 Å². The quantitative estimate of drug-likeness (QED) is 0.800. The van der Waals surface area contributed by atoms with Crippen LogP contribution in [0.3, 0.4) is 0 Å². The highest BCUT2D eigenvalue weighted by molar-refractivity contribution is 5.29. The van der Waals surface area contributed by atoms with Gasteiger partial charge in [-0.1, -0.05) is 19.1 Å². The summed E-state index contributed by atoms with van der Waals surface area (Å²) >= 11 is 0. The van der Waals surface area contributed by atoms with Gasteiger partial charge in [0.15, 0.2) is 0 Å². The lowest BCUT2D eigenvalue weighted by Gasteiger charge is -2.32. The van der Waals surface area contributed by atoms with E-state index < -0.39 is 0 Å². The molecule has 1 fully saturated rings. The topological polar surface area (TPSA) is 47.7 Å². The van der Waals surface area contributed by atoms with Crippen molar-refractivity contribution in [1.29, 1.82) is 0 Å². The van der Waals surface area contributed by atoms with Crippen molar-refractivity contribution >= 4 is 0 Å². The van der Waals surface area contributed by atoms with Crippen LogP contribution in [-0.4, -0.2) is 43.9 Å². The predicted molar refractivity (Wildman–Crippen MR) is 85.6 cm³/mol. The van der Waals surface area contributed by atoms with Crippen molar-refractivity contribution in [2.75, 3.05) is 32.8 Å². The van der Waals surface area contributed by atoms with Crippen molar-refractivity contribution in [2.45, 2.75) is 38.8 Å². The molecule has 0 aliphatic carbocycles. The number of nitrogens with two attached hydrogens (primary N) is 1. The van der Waals surface area contributed by atoms with Gasteiger partial charge in [-0.2, -0.15) is 0 Å². The fourth-order valence-corrected chi connectivity index (χ4v) is 2.98. The van der Waals surface area contributed by atoms with Crippen LogP contribution in [0.4, 0.5) is 0 Å². The van der Waals surface area contributed by atoms with Gasteiger partial charge in [-0.05, 0) is 44.0 Å². The Labute approximate surface area is 128 Å². The molecule has 2 unspecified atom stereocenters. The Morgan fingerprint density at radius 1 is 1.33 bits per heavy atom. The van der Waals surface area contributed by atoms with Crippen molar-refractivity contribution in [3.8, 4) is 5.75 Å². The second-order valence-electron chi connectivity index (χ2n) is 5.48. The molecule has 1 saturated heterocycles. The number of hydrogen-bond acceptors (Lipinski definition) is 4. The average Bonchev–Trinajstić information content (AvgIpc) is 3.02. The van der Waals surface area contributed by atoms with Gasteiger partial charge in [-0.3, -0.25) is 4.90 Å². The Morgan fingerprint density at radius 2 is 2.10 bits per heavy atom. The summed E-state index contributed by atoms with van der Waals surface area (Å²) in [6.45, 7) is 8.34. The van der Waals surface area contributed by atoms with Gasteiger partial charge in [0.2, 0.25) is 0 Å². The summed E-state index contributed by atoms with van der Waals surface area (Å²) < 4.78 is 11.3. The molecule has 0 saturated carbocycles. The summed E-state index contributed by atoms with van der Waals surface area (Å²) in [4.78, 5) is 2.42. The van der Waals surface area contributed by atoms with Crippen molar-refractivity contribution in [1.82, 2.24) is 4.90 Å². The lowest BCUT2D eigenvalue weighted by Crippen LogP contribution is -2.38. The Morgan fingerprint density at radius 3 is 2.62 bits per heavy atom. The normalized spacial score (nSPS) is 19.9. The fourth-order valence-electron chi connectivity index (χ4n) is 2.98. The second kappa shape index (κ2) is 8.37. The van der Waals surface area contributed by atoms with E-state index in [1.807, 2.05) is 19.1 Å². The summed E-state index contributed by atoms with van der Waals surface area (Å²) in [7, 11) is 0. The van der Waals surface area contributed by atoms with Crippen molar-refractivity contribution < 1.29 is 9.47 Å². The molecule has 21 heavy (non-hydrogen) atoms. The first kappa shape index (κ1) is 16.3. The van der Waals surface area contributed by atoms with Crippen LogP contribution < -0.4 is 10.5 Å². The maximum Gasteiger partial charge on any atom is 0.119 e. The van der Waals surface area contributed by atoms with Crippen LogP contribution in [0.15, 0.2) is 24.3 Å². The number of ether oxygens (including phenoxy) is 2. The highest BCUT2D eigenvalue weighted by atomic mass is 16.5. The third-order valence-electron chi connectivity index (χ3n) is 4.11. The number of likely N-dealkylation sites (N-methyl/N-ethyl adjacent to an activating group) is 1. The largest absolute Gasteiger partial charge is 0.494 e. The summed E-state index contributed by atoms with van der Waals surface area (Å²) in [6.07, 6.45) is 2.71. The molecule has 4 heteroatoms. The predicted octanol–water partition coefficient (Wildman–Crippen LogP) is 2.59. The second-order valence-corrected chi connectivity index (χ2v) is 5.48. The first-order valence-electron chi connectivity index (χ1n) is 8.07. The van der Waals surface area contributed by atoms with Gasteiger partial charge in [-0.15, -0.1) is 0 Å². The molecule has 1 aliphatic rings. The van der Waals surface area contributed by atoms with E-state index in [0.29, 0.717) is 19.3 Å². The first-order valence-corrected chi connectivity index (χ1v) is 8.07. The molecule has 0 bridgehead atoms. The van der Waals surface area contributed by atoms with Gasteiger partial charge in [0.05, 0.1) is 12.7 Å². The van der Waals surface area contributed by atoms with Crippen LogP contribution >= 0.6 is 0 Å². The number of hydrogen-bond donors (Lipinski definition) is 1. The molecule has 2 N–H and O–H groups in total. The van der Waals surface area contributed by atoms with E-state index in [2.05, 4.69) is 24.0 Å². The van der Waals surface area contributed by atoms with Gasteiger partial charge in [0.25, 0.3) is 0 Å². The van der Waals surface area contributed by atoms with Gasteiger partial charge in [-0.25, -0.2) is 0 Å². The first-order chi connectivity index (χ1) is 10.3. The smallest absolute Gasteiger partial charge is 0.119 e. The maximum atomic E-state index is 6.04. The Kier molecular flexibility index (Phi) is 6.49. The highest BCUT2D eigenvalue weighted by Crippen LogP contribution is 2.24. The van der Waals surface area contributed by atoms with E-state index in [4.69, 9.17) is 15.2 Å². The molecule has 2 atom stereocenters. The van der Waals surface area contributed by atoms with Gasteiger partial charge < -0.3 is 15.2 Å². The monoisotopic (exact) mass is 292 g/mol. The van der Waals surface area contributed by atoms with Crippen LogP contribution in [0.5, 0.6) is 5.75 Å². The molecule has 2 rings (SSSR count). The minimum absolute atomic E-state index is 0.245. The summed E-state index contributed by atoms with van der Waals surface area (Å²) in [5.41, 5.74) is 7.29. The molecule has 4 nitrogen and oxygen atoms in total. The number of benzene rings is 1. The SMILES string of the molecule is CCOc1ccc(C(CN)N(CC)CC2CCCO2)cc1. The van der Waals surface area contributed by atoms with E-state index in [9.17, 15) is 0 Å². The average molecular weight is 292 g/mol. The molecule has 1 aromatic rings. The Balaban J connectivity index is 2.04. The fraction of sp³-hybridized carbons (Fsp3) is 0.647. The van der Waals surface area contributed by atoms with Gasteiger partial charge in [0.1, 0.15) is 5.75 Å². The lowest BCUT2D eigenvalue weighted by molar-refractivity contribution is 0.0601. The zero-order valence-electron chi connectivity index (χ0n) is 13.3. The maximum absolute atomic E-state index is 6.04. The van der Waals surface area contributed by atoms with Crippen molar-refractivity contribution in [3.63, 3.8) is 0 Å². The summed E-state index contributed by atoms with van der Waals surface area (Å²) in [5.74, 6) is 0.916. The van der Waals surface area contributed by atoms with Crippen molar-refractivity contribution in [3.05, 3.63) is 29.8 Å². The molecule has 0 spiro atoms. The lowest BCUT2D eigenvalue weighted by atomic mass is 10.0. The summed E-state index contributed by atoms with van der Waals surface area (Å²) in [5, 5.41) is 0. The molecule has 0 radical (unpaired) electrons. The Bertz CT molecular complexity index is 402. The molecular formula is C17H28N2O2. The van der Waals surface area contributed by atoms with Crippen LogP contribution in [0.1, 0.15) is 38.3 Å². The van der Waals surface area contributed by atoms with E-state index in [0.717, 1.165) is 31.9 Å². The van der Waals surface area contributed by atoms with E-state index in [1.165, 1.54) is 12.0 Å². The standard InChI is InChI=1S/C17H28N2O2/c1-3-19(13-16-6-5-11-21-16)17(12-18)14-7-9-15(10-8-14)20-4-2/h7-10,16-17H,3-6,11-13,18H2,1-2H3. The third-order valence-corrected chi connectivity index (χ3v) is 4.11. The van der Waals surface area contributed by atoms with Crippen LogP contribution in [-0.2, 0) is 4.74 Å². The highest BCUT2D eigenvalue weighted by Gasteiger charge is 2.24. The molecule has 0 amide bonds. The summed E-state index contributed by atoms with van der Waals surface area (Å²) in [6, 6.07) is 8.55. The zero-order valence-corrected chi connectivity index (χ0v) is 13.3. The van der Waals surface area contributed by atoms with Crippen LogP contribution in [0.2, 0.25) is 0 Å². The molecule has 0 aromatic heterocycles. The molecule has 1 aliphatic heterocycles. The van der Waals surface area contributed by atoms with E-state index in [-0.39, 0.29) is 6.04 Å². The number of rotatable bonds is 8. The Hall–Kier alpha value is -1.10. The number of nitrogens with zero attached hydrogens (tertiary/aromatic N) is 1. The van der Waals surface area contributed by atoms with Gasteiger partial charge >= 0.3 is 0 Å². The molecular weight excluding hydrogens is 264 g/mol. The van der Waals surface area contributed by atoms with Crippen LogP contribution in [0.25, 0.3) is 0 Å². The molecule has 118 valence electrons. The minimum Gasteiger partial charge on any atom is -0.494 e. The van der Waals surface area contributed by atoms with E-state index >= 15 is 0 Å².